The largest absolute Gasteiger partial charge is 0.373 e. The molecule has 0 aromatic carbocycles. The standard InChI is InChI=1S/C15H22N2/c1-12(2)14-5-3-4-10-17(11-14)15(8-9-16)13-6-7-13/h3,5,11-13,15H,4,6-8,10H2,1-2H3. The summed E-state index contributed by atoms with van der Waals surface area (Å²) in [5.74, 6) is 1.33. The summed E-state index contributed by atoms with van der Waals surface area (Å²) >= 11 is 0. The first-order valence-electron chi connectivity index (χ1n) is 6.73. The lowest BCUT2D eigenvalue weighted by atomic mass is 10.0. The molecule has 92 valence electrons. The molecule has 17 heavy (non-hydrogen) atoms. The molecule has 1 fully saturated rings. The summed E-state index contributed by atoms with van der Waals surface area (Å²) in [6.45, 7) is 5.53. The number of nitriles is 1. The van der Waals surface area contributed by atoms with Gasteiger partial charge in [0.05, 0.1) is 12.5 Å². The van der Waals surface area contributed by atoms with E-state index in [9.17, 15) is 0 Å². The van der Waals surface area contributed by atoms with Gasteiger partial charge in [-0.25, -0.2) is 0 Å². The third-order valence-corrected chi connectivity index (χ3v) is 3.74. The summed E-state index contributed by atoms with van der Waals surface area (Å²) in [5.41, 5.74) is 1.39. The fraction of sp³-hybridized carbons (Fsp3) is 0.667. The first-order valence-corrected chi connectivity index (χ1v) is 6.73. The van der Waals surface area contributed by atoms with Crippen LogP contribution in [0, 0.1) is 23.2 Å². The molecule has 2 aliphatic rings. The van der Waals surface area contributed by atoms with Gasteiger partial charge in [-0.3, -0.25) is 0 Å². The molecule has 1 atom stereocenters. The van der Waals surface area contributed by atoms with Crippen LogP contribution >= 0.6 is 0 Å². The van der Waals surface area contributed by atoms with Crippen LogP contribution in [0.25, 0.3) is 0 Å². The Morgan fingerprint density at radius 2 is 2.24 bits per heavy atom. The normalized spacial score (nSPS) is 22.0. The average Bonchev–Trinajstić information content (AvgIpc) is 3.12. The Morgan fingerprint density at radius 3 is 2.82 bits per heavy atom. The highest BCUT2D eigenvalue weighted by molar-refractivity contribution is 5.22. The Bertz CT molecular complexity index is 356. The van der Waals surface area contributed by atoms with E-state index in [0.717, 1.165) is 18.9 Å². The number of allylic oxidation sites excluding steroid dienone is 2. The zero-order valence-corrected chi connectivity index (χ0v) is 10.9. The summed E-state index contributed by atoms with van der Waals surface area (Å²) in [5, 5.41) is 8.98. The van der Waals surface area contributed by atoms with Crippen molar-refractivity contribution in [3.63, 3.8) is 0 Å². The Morgan fingerprint density at radius 1 is 1.47 bits per heavy atom. The van der Waals surface area contributed by atoms with E-state index in [1.165, 1.54) is 18.4 Å². The highest BCUT2D eigenvalue weighted by Crippen LogP contribution is 2.37. The molecular formula is C15H22N2. The van der Waals surface area contributed by atoms with Gasteiger partial charge in [0.1, 0.15) is 0 Å². The third kappa shape index (κ3) is 3.12. The zero-order chi connectivity index (χ0) is 12.3. The maximum absolute atomic E-state index is 8.98. The molecule has 0 saturated heterocycles. The first kappa shape index (κ1) is 12.2. The van der Waals surface area contributed by atoms with E-state index in [1.807, 2.05) is 0 Å². The van der Waals surface area contributed by atoms with Crippen molar-refractivity contribution in [3.05, 3.63) is 23.9 Å². The maximum atomic E-state index is 8.98. The van der Waals surface area contributed by atoms with Crippen LogP contribution in [-0.4, -0.2) is 17.5 Å². The van der Waals surface area contributed by atoms with Gasteiger partial charge in [-0.2, -0.15) is 5.26 Å². The van der Waals surface area contributed by atoms with Crippen molar-refractivity contribution in [3.8, 4) is 6.07 Å². The van der Waals surface area contributed by atoms with Gasteiger partial charge in [0.15, 0.2) is 0 Å². The third-order valence-electron chi connectivity index (χ3n) is 3.74. The highest BCUT2D eigenvalue weighted by atomic mass is 15.1. The number of rotatable bonds is 4. The van der Waals surface area contributed by atoms with E-state index >= 15 is 0 Å². The Kier molecular flexibility index (Phi) is 3.89. The van der Waals surface area contributed by atoms with E-state index in [1.54, 1.807) is 0 Å². The van der Waals surface area contributed by atoms with E-state index < -0.39 is 0 Å². The molecule has 0 amide bonds. The van der Waals surface area contributed by atoms with Gasteiger partial charge >= 0.3 is 0 Å². The summed E-state index contributed by atoms with van der Waals surface area (Å²) in [6.07, 6.45) is 11.2. The van der Waals surface area contributed by atoms with Gasteiger partial charge in [0.2, 0.25) is 0 Å². The molecule has 1 aliphatic heterocycles. The summed E-state index contributed by atoms with van der Waals surface area (Å²) < 4.78 is 0. The molecule has 0 aromatic rings. The minimum atomic E-state index is 0.452. The zero-order valence-electron chi connectivity index (χ0n) is 10.9. The van der Waals surface area contributed by atoms with Crippen molar-refractivity contribution in [2.45, 2.75) is 45.6 Å². The molecule has 0 bridgehead atoms. The van der Waals surface area contributed by atoms with E-state index in [-0.39, 0.29) is 0 Å². The maximum Gasteiger partial charge on any atom is 0.0643 e. The molecule has 0 spiro atoms. The number of hydrogen-bond acceptors (Lipinski definition) is 2. The monoisotopic (exact) mass is 230 g/mol. The summed E-state index contributed by atoms with van der Waals surface area (Å²) in [7, 11) is 0. The lowest BCUT2D eigenvalue weighted by Crippen LogP contribution is -2.33. The molecule has 2 nitrogen and oxygen atoms in total. The minimum Gasteiger partial charge on any atom is -0.373 e. The Labute approximate surface area is 105 Å². The van der Waals surface area contributed by atoms with E-state index in [2.05, 4.69) is 43.2 Å². The van der Waals surface area contributed by atoms with Gasteiger partial charge in [0, 0.05) is 18.8 Å². The van der Waals surface area contributed by atoms with Crippen molar-refractivity contribution in [2.24, 2.45) is 11.8 Å². The van der Waals surface area contributed by atoms with Gasteiger partial charge in [-0.05, 0) is 36.7 Å². The second kappa shape index (κ2) is 5.40. The van der Waals surface area contributed by atoms with Crippen molar-refractivity contribution in [1.29, 1.82) is 5.26 Å². The number of hydrogen-bond donors (Lipinski definition) is 0. The minimum absolute atomic E-state index is 0.452. The lowest BCUT2D eigenvalue weighted by molar-refractivity contribution is 0.255. The van der Waals surface area contributed by atoms with Crippen LogP contribution in [0.2, 0.25) is 0 Å². The van der Waals surface area contributed by atoms with Gasteiger partial charge in [-0.15, -0.1) is 0 Å². The second-order valence-electron chi connectivity index (χ2n) is 5.48. The van der Waals surface area contributed by atoms with Gasteiger partial charge in [0.25, 0.3) is 0 Å². The summed E-state index contributed by atoms with van der Waals surface area (Å²) in [4.78, 5) is 2.43. The smallest absolute Gasteiger partial charge is 0.0643 e. The van der Waals surface area contributed by atoms with Crippen LogP contribution in [0.15, 0.2) is 23.9 Å². The van der Waals surface area contributed by atoms with Gasteiger partial charge < -0.3 is 4.90 Å². The number of nitrogens with zero attached hydrogens (tertiary/aromatic N) is 2. The van der Waals surface area contributed by atoms with Crippen LogP contribution in [0.3, 0.4) is 0 Å². The van der Waals surface area contributed by atoms with Crippen LogP contribution in [0.4, 0.5) is 0 Å². The molecule has 2 rings (SSSR count). The Balaban J connectivity index is 2.13. The van der Waals surface area contributed by atoms with Crippen LogP contribution in [-0.2, 0) is 0 Å². The molecule has 2 heteroatoms. The molecule has 1 unspecified atom stereocenters. The highest BCUT2D eigenvalue weighted by Gasteiger charge is 2.34. The predicted octanol–water partition coefficient (Wildman–Crippen LogP) is 3.48. The van der Waals surface area contributed by atoms with Gasteiger partial charge in [-0.1, -0.05) is 26.0 Å². The molecule has 1 aliphatic carbocycles. The van der Waals surface area contributed by atoms with Crippen molar-refractivity contribution < 1.29 is 0 Å². The van der Waals surface area contributed by atoms with Crippen LogP contribution < -0.4 is 0 Å². The Hall–Kier alpha value is -1.23. The van der Waals surface area contributed by atoms with Crippen LogP contribution in [0.5, 0.6) is 0 Å². The fourth-order valence-corrected chi connectivity index (χ4v) is 2.47. The first-order chi connectivity index (χ1) is 8.22. The summed E-state index contributed by atoms with van der Waals surface area (Å²) in [6, 6.07) is 2.81. The molecule has 1 saturated carbocycles. The van der Waals surface area contributed by atoms with Crippen LogP contribution in [0.1, 0.15) is 39.5 Å². The van der Waals surface area contributed by atoms with E-state index in [0.29, 0.717) is 18.4 Å². The van der Waals surface area contributed by atoms with Crippen molar-refractivity contribution in [1.82, 2.24) is 4.90 Å². The molecule has 0 aromatic heterocycles. The lowest BCUT2D eigenvalue weighted by Gasteiger charge is -2.29. The fourth-order valence-electron chi connectivity index (χ4n) is 2.47. The molecular weight excluding hydrogens is 208 g/mol. The van der Waals surface area contributed by atoms with Crippen molar-refractivity contribution in [2.75, 3.05) is 6.54 Å². The average molecular weight is 230 g/mol. The topological polar surface area (TPSA) is 27.0 Å². The molecule has 0 radical (unpaired) electrons. The molecule has 1 heterocycles. The second-order valence-corrected chi connectivity index (χ2v) is 5.48. The molecule has 0 N–H and O–H groups in total. The predicted molar refractivity (Wildman–Crippen MR) is 70.1 cm³/mol. The SMILES string of the molecule is CC(C)C1=CN(C(CC#N)C2CC2)CCC=C1. The quantitative estimate of drug-likeness (QED) is 0.739. The van der Waals surface area contributed by atoms with E-state index in [4.69, 9.17) is 5.26 Å². The van der Waals surface area contributed by atoms with Crippen molar-refractivity contribution >= 4 is 0 Å².